The van der Waals surface area contributed by atoms with Crippen LogP contribution in [-0.4, -0.2) is 35.6 Å². The molecule has 0 spiro atoms. The largest absolute Gasteiger partial charge is 0.367 e. The Morgan fingerprint density at radius 2 is 1.65 bits per heavy atom. The van der Waals surface area contributed by atoms with Crippen LogP contribution in [0.2, 0.25) is 0 Å². The maximum Gasteiger partial charge on any atom is 0.250 e. The molecule has 0 aliphatic rings. The maximum absolute atomic E-state index is 12.1. The normalized spacial score (nSPS) is 10.5. The summed E-state index contributed by atoms with van der Waals surface area (Å²) < 4.78 is 5.47. The number of nitrogens with one attached hydrogen (secondary N) is 2. The molecule has 0 saturated carbocycles. The van der Waals surface area contributed by atoms with Crippen LogP contribution in [0.15, 0.2) is 60.7 Å². The molecular weight excluding hydrogens is 390 g/mol. The average Bonchev–Trinajstić information content (AvgIpc) is 2.76. The molecule has 0 aliphatic heterocycles. The summed E-state index contributed by atoms with van der Waals surface area (Å²) in [7, 11) is 0. The van der Waals surface area contributed by atoms with E-state index in [-0.39, 0.29) is 12.5 Å². The van der Waals surface area contributed by atoms with Crippen LogP contribution in [-0.2, 0) is 16.1 Å². The molecule has 0 fully saturated rings. The first-order valence-electron chi connectivity index (χ1n) is 10.5. The lowest BCUT2D eigenvalue weighted by molar-refractivity contribution is -0.121. The van der Waals surface area contributed by atoms with E-state index in [4.69, 9.17) is 4.74 Å². The zero-order valence-corrected chi connectivity index (χ0v) is 18.3. The van der Waals surface area contributed by atoms with Gasteiger partial charge in [-0.05, 0) is 50.6 Å². The van der Waals surface area contributed by atoms with Crippen LogP contribution < -0.4 is 15.5 Å². The van der Waals surface area contributed by atoms with Gasteiger partial charge < -0.3 is 20.3 Å². The lowest BCUT2D eigenvalue weighted by Crippen LogP contribution is -2.23. The molecule has 3 rings (SSSR count). The molecule has 3 aromatic rings. The second kappa shape index (κ2) is 11.1. The smallest absolute Gasteiger partial charge is 0.250 e. The van der Waals surface area contributed by atoms with Gasteiger partial charge in [-0.15, -0.1) is 0 Å². The predicted molar refractivity (Wildman–Crippen MR) is 125 cm³/mol. The van der Waals surface area contributed by atoms with Gasteiger partial charge in [0.2, 0.25) is 5.91 Å². The Bertz CT molecular complexity index is 973. The summed E-state index contributed by atoms with van der Waals surface area (Å²) in [5, 5.41) is 6.15. The highest BCUT2D eigenvalue weighted by molar-refractivity contribution is 5.91. The van der Waals surface area contributed by atoms with Gasteiger partial charge in [-0.2, -0.15) is 0 Å². The van der Waals surface area contributed by atoms with E-state index in [2.05, 4.69) is 39.3 Å². The molecule has 2 aromatic carbocycles. The van der Waals surface area contributed by atoms with E-state index in [1.807, 2.05) is 67.6 Å². The zero-order valence-electron chi connectivity index (χ0n) is 18.3. The average molecular weight is 420 g/mol. The molecule has 0 unspecified atom stereocenters. The van der Waals surface area contributed by atoms with Gasteiger partial charge in [-0.1, -0.05) is 30.3 Å². The van der Waals surface area contributed by atoms with Gasteiger partial charge in [0.25, 0.3) is 0 Å². The summed E-state index contributed by atoms with van der Waals surface area (Å²) in [4.78, 5) is 23.3. The van der Waals surface area contributed by atoms with E-state index in [0.717, 1.165) is 36.0 Å². The number of carbonyl (C=O) groups excluding carboxylic acids is 1. The Kier molecular flexibility index (Phi) is 7.95. The first-order chi connectivity index (χ1) is 15.1. The first kappa shape index (κ1) is 22.2. The number of carbonyl (C=O) groups is 1. The molecule has 0 saturated heterocycles. The van der Waals surface area contributed by atoms with E-state index in [0.29, 0.717) is 18.1 Å². The highest BCUT2D eigenvalue weighted by atomic mass is 16.5. The Morgan fingerprint density at radius 3 is 2.32 bits per heavy atom. The van der Waals surface area contributed by atoms with Gasteiger partial charge in [0.1, 0.15) is 24.1 Å². The highest BCUT2D eigenvalue weighted by Gasteiger charge is 2.08. The first-order valence-corrected chi connectivity index (χ1v) is 10.5. The van der Waals surface area contributed by atoms with E-state index in [1.54, 1.807) is 0 Å². The number of ether oxygens (including phenoxy) is 1. The van der Waals surface area contributed by atoms with Crippen LogP contribution in [0.1, 0.15) is 25.2 Å². The van der Waals surface area contributed by atoms with Gasteiger partial charge in [0, 0.05) is 30.5 Å². The molecule has 162 valence electrons. The summed E-state index contributed by atoms with van der Waals surface area (Å²) >= 11 is 0. The Labute approximate surface area is 183 Å². The quantitative estimate of drug-likeness (QED) is 0.503. The molecule has 7 heteroatoms. The van der Waals surface area contributed by atoms with Crippen molar-refractivity contribution in [2.45, 2.75) is 27.4 Å². The topological polar surface area (TPSA) is 79.4 Å². The standard InChI is InChI=1S/C24H29N5O2/c1-4-29(5-2)23-15-22(25-18(3)26-23)27-20-11-13-21(14-12-20)28-24(30)17-31-16-19-9-7-6-8-10-19/h6-15H,4-5,16-17H2,1-3H3,(H,28,30)(H,25,26,27). The molecular formula is C24H29N5O2. The number of amides is 1. The van der Waals surface area contributed by atoms with Gasteiger partial charge in [0.15, 0.2) is 0 Å². The molecule has 7 nitrogen and oxygen atoms in total. The van der Waals surface area contributed by atoms with Crippen molar-refractivity contribution in [3.05, 3.63) is 72.1 Å². The van der Waals surface area contributed by atoms with Gasteiger partial charge >= 0.3 is 0 Å². The molecule has 0 bridgehead atoms. The lowest BCUT2D eigenvalue weighted by atomic mass is 10.2. The Morgan fingerprint density at radius 1 is 0.968 bits per heavy atom. The molecule has 0 atom stereocenters. The fourth-order valence-electron chi connectivity index (χ4n) is 3.14. The molecule has 1 amide bonds. The number of hydrogen-bond donors (Lipinski definition) is 2. The molecule has 0 aliphatic carbocycles. The van der Waals surface area contributed by atoms with Crippen LogP contribution in [0.5, 0.6) is 0 Å². The number of nitrogens with zero attached hydrogens (tertiary/aromatic N) is 3. The van der Waals surface area contributed by atoms with Crippen molar-refractivity contribution in [1.82, 2.24) is 9.97 Å². The number of rotatable bonds is 10. The van der Waals surface area contributed by atoms with Gasteiger partial charge in [-0.25, -0.2) is 9.97 Å². The van der Waals surface area contributed by atoms with E-state index in [1.165, 1.54) is 0 Å². The summed E-state index contributed by atoms with van der Waals surface area (Å²) in [5.74, 6) is 2.16. The summed E-state index contributed by atoms with van der Waals surface area (Å²) in [6.45, 7) is 8.28. The molecule has 0 radical (unpaired) electrons. The van der Waals surface area contributed by atoms with Crippen LogP contribution >= 0.6 is 0 Å². The number of aryl methyl sites for hydroxylation is 1. The summed E-state index contributed by atoms with van der Waals surface area (Å²) in [5.41, 5.74) is 2.62. The van der Waals surface area contributed by atoms with E-state index >= 15 is 0 Å². The fourth-order valence-corrected chi connectivity index (χ4v) is 3.14. The Hall–Kier alpha value is -3.45. The third-order valence-corrected chi connectivity index (χ3v) is 4.70. The summed E-state index contributed by atoms with van der Waals surface area (Å²) in [6, 6.07) is 19.2. The molecule has 31 heavy (non-hydrogen) atoms. The van der Waals surface area contributed by atoms with Gasteiger partial charge in [0.05, 0.1) is 6.61 Å². The van der Waals surface area contributed by atoms with Crippen LogP contribution in [0, 0.1) is 6.92 Å². The molecule has 1 heterocycles. The number of anilines is 4. The highest BCUT2D eigenvalue weighted by Crippen LogP contribution is 2.21. The number of benzene rings is 2. The number of aromatic nitrogens is 2. The Balaban J connectivity index is 1.53. The zero-order chi connectivity index (χ0) is 22.1. The fraction of sp³-hybridized carbons (Fsp3) is 0.292. The van der Waals surface area contributed by atoms with Crippen LogP contribution in [0.3, 0.4) is 0 Å². The van der Waals surface area contributed by atoms with Crippen molar-refractivity contribution >= 4 is 28.9 Å². The van der Waals surface area contributed by atoms with Crippen molar-refractivity contribution in [3.8, 4) is 0 Å². The van der Waals surface area contributed by atoms with E-state index in [9.17, 15) is 4.79 Å². The van der Waals surface area contributed by atoms with Crippen molar-refractivity contribution < 1.29 is 9.53 Å². The molecule has 1 aromatic heterocycles. The van der Waals surface area contributed by atoms with Crippen LogP contribution in [0.4, 0.5) is 23.0 Å². The maximum atomic E-state index is 12.1. The van der Waals surface area contributed by atoms with Crippen molar-refractivity contribution in [2.75, 3.05) is 35.2 Å². The van der Waals surface area contributed by atoms with Crippen molar-refractivity contribution in [1.29, 1.82) is 0 Å². The second-order valence-electron chi connectivity index (χ2n) is 7.06. The molecule has 2 N–H and O–H groups in total. The van der Waals surface area contributed by atoms with Crippen molar-refractivity contribution in [3.63, 3.8) is 0 Å². The third kappa shape index (κ3) is 6.79. The SMILES string of the molecule is CCN(CC)c1cc(Nc2ccc(NC(=O)COCc3ccccc3)cc2)nc(C)n1. The monoisotopic (exact) mass is 419 g/mol. The minimum Gasteiger partial charge on any atom is -0.367 e. The summed E-state index contributed by atoms with van der Waals surface area (Å²) in [6.07, 6.45) is 0. The van der Waals surface area contributed by atoms with Gasteiger partial charge in [-0.3, -0.25) is 4.79 Å². The number of hydrogen-bond acceptors (Lipinski definition) is 6. The lowest BCUT2D eigenvalue weighted by Gasteiger charge is -2.20. The minimum atomic E-state index is -0.188. The second-order valence-corrected chi connectivity index (χ2v) is 7.06. The predicted octanol–water partition coefficient (Wildman–Crippen LogP) is 4.53. The van der Waals surface area contributed by atoms with Crippen molar-refractivity contribution in [2.24, 2.45) is 0 Å². The minimum absolute atomic E-state index is 0.00322. The van der Waals surface area contributed by atoms with E-state index < -0.39 is 0 Å². The van der Waals surface area contributed by atoms with Crippen LogP contribution in [0.25, 0.3) is 0 Å². The third-order valence-electron chi connectivity index (χ3n) is 4.70.